The Morgan fingerprint density at radius 2 is 1.80 bits per heavy atom. The molecule has 1 atom stereocenters. The molecule has 0 aromatic heterocycles. The average Bonchev–Trinajstić information content (AvgIpc) is 2.48. The molecular weight excluding hydrogens is 254 g/mol. The number of hydrogen-bond donors (Lipinski definition) is 2. The summed E-state index contributed by atoms with van der Waals surface area (Å²) in [6.45, 7) is 5.77. The minimum Gasteiger partial charge on any atom is -0.497 e. The standard InChI is InChI=1S/C16H25NO3/c1-13-7-9-17(10-8-13)11-14(18)12-20-16-5-3-15(19-2)4-6-16/h3-6,13-14,18H,7-12H2,1-2H3/p+1. The third-order valence-electron chi connectivity index (χ3n) is 4.01. The summed E-state index contributed by atoms with van der Waals surface area (Å²) < 4.78 is 10.7. The van der Waals surface area contributed by atoms with Gasteiger partial charge >= 0.3 is 0 Å². The first-order valence-corrected chi connectivity index (χ1v) is 7.46. The van der Waals surface area contributed by atoms with Crippen LogP contribution < -0.4 is 14.4 Å². The van der Waals surface area contributed by atoms with E-state index in [0.29, 0.717) is 6.61 Å². The van der Waals surface area contributed by atoms with Crippen molar-refractivity contribution in [1.29, 1.82) is 0 Å². The molecule has 1 fully saturated rings. The lowest BCUT2D eigenvalue weighted by Crippen LogP contribution is -3.14. The summed E-state index contributed by atoms with van der Waals surface area (Å²) in [5.74, 6) is 2.42. The van der Waals surface area contributed by atoms with Crippen LogP contribution in [0.2, 0.25) is 0 Å². The first-order chi connectivity index (χ1) is 9.67. The van der Waals surface area contributed by atoms with Crippen LogP contribution >= 0.6 is 0 Å². The Morgan fingerprint density at radius 1 is 1.20 bits per heavy atom. The first kappa shape index (κ1) is 15.1. The number of hydrogen-bond acceptors (Lipinski definition) is 3. The molecule has 4 nitrogen and oxygen atoms in total. The van der Waals surface area contributed by atoms with E-state index in [9.17, 15) is 5.11 Å². The first-order valence-electron chi connectivity index (χ1n) is 7.46. The predicted molar refractivity (Wildman–Crippen MR) is 78.5 cm³/mol. The number of likely N-dealkylation sites (tertiary alicyclic amines) is 1. The quantitative estimate of drug-likeness (QED) is 0.808. The van der Waals surface area contributed by atoms with Crippen molar-refractivity contribution >= 4 is 0 Å². The highest BCUT2D eigenvalue weighted by Crippen LogP contribution is 2.17. The second kappa shape index (κ2) is 7.50. The van der Waals surface area contributed by atoms with E-state index in [-0.39, 0.29) is 0 Å². The van der Waals surface area contributed by atoms with Gasteiger partial charge in [0.15, 0.2) is 0 Å². The van der Waals surface area contributed by atoms with Crippen LogP contribution in [-0.4, -0.2) is 44.6 Å². The van der Waals surface area contributed by atoms with Crippen molar-refractivity contribution in [3.8, 4) is 11.5 Å². The van der Waals surface area contributed by atoms with Crippen LogP contribution in [0.3, 0.4) is 0 Å². The van der Waals surface area contributed by atoms with E-state index >= 15 is 0 Å². The Balaban J connectivity index is 1.70. The zero-order valence-electron chi connectivity index (χ0n) is 12.5. The van der Waals surface area contributed by atoms with E-state index in [1.165, 1.54) is 30.8 Å². The summed E-state index contributed by atoms with van der Waals surface area (Å²) >= 11 is 0. The van der Waals surface area contributed by atoms with Gasteiger partial charge in [-0.25, -0.2) is 0 Å². The molecule has 2 N–H and O–H groups in total. The van der Waals surface area contributed by atoms with E-state index in [0.717, 1.165) is 24.0 Å². The molecule has 0 radical (unpaired) electrons. The lowest BCUT2D eigenvalue weighted by atomic mass is 9.99. The van der Waals surface area contributed by atoms with Gasteiger partial charge < -0.3 is 19.5 Å². The highest BCUT2D eigenvalue weighted by Gasteiger charge is 2.21. The molecule has 0 aliphatic carbocycles. The van der Waals surface area contributed by atoms with Gasteiger partial charge in [0.2, 0.25) is 0 Å². The highest BCUT2D eigenvalue weighted by molar-refractivity contribution is 5.31. The fourth-order valence-corrected chi connectivity index (χ4v) is 2.63. The molecule has 0 spiro atoms. The molecule has 0 bridgehead atoms. The number of aliphatic hydroxyl groups excluding tert-OH is 1. The maximum atomic E-state index is 10.1. The van der Waals surface area contributed by atoms with Gasteiger partial charge in [-0.1, -0.05) is 6.92 Å². The van der Waals surface area contributed by atoms with Gasteiger partial charge in [-0.15, -0.1) is 0 Å². The Hall–Kier alpha value is -1.26. The summed E-state index contributed by atoms with van der Waals surface area (Å²) in [6.07, 6.45) is 2.13. The number of aliphatic hydroxyl groups is 1. The van der Waals surface area contributed by atoms with Gasteiger partial charge in [-0.2, -0.15) is 0 Å². The molecule has 112 valence electrons. The SMILES string of the molecule is COc1ccc(OCC(O)C[NH+]2CCC(C)CC2)cc1. The van der Waals surface area contributed by atoms with Crippen molar-refractivity contribution in [1.82, 2.24) is 0 Å². The summed E-state index contributed by atoms with van der Waals surface area (Å²) in [4.78, 5) is 1.49. The molecule has 2 rings (SSSR count). The lowest BCUT2D eigenvalue weighted by Gasteiger charge is -2.28. The third kappa shape index (κ3) is 4.69. The number of quaternary nitrogens is 1. The van der Waals surface area contributed by atoms with E-state index in [1.54, 1.807) is 7.11 Å². The van der Waals surface area contributed by atoms with E-state index < -0.39 is 6.10 Å². The topological polar surface area (TPSA) is 43.1 Å². The summed E-state index contributed by atoms with van der Waals surface area (Å²) in [6, 6.07) is 7.44. The zero-order valence-corrected chi connectivity index (χ0v) is 12.5. The van der Waals surface area contributed by atoms with Crippen LogP contribution in [0, 0.1) is 5.92 Å². The lowest BCUT2D eigenvalue weighted by molar-refractivity contribution is -0.909. The van der Waals surface area contributed by atoms with Crippen molar-refractivity contribution in [2.75, 3.05) is 33.4 Å². The largest absolute Gasteiger partial charge is 0.497 e. The van der Waals surface area contributed by atoms with Crippen molar-refractivity contribution < 1.29 is 19.5 Å². The van der Waals surface area contributed by atoms with Crippen LogP contribution in [0.25, 0.3) is 0 Å². The van der Waals surface area contributed by atoms with Gasteiger partial charge in [-0.05, 0) is 43.0 Å². The van der Waals surface area contributed by atoms with Gasteiger partial charge in [0, 0.05) is 0 Å². The van der Waals surface area contributed by atoms with E-state index in [4.69, 9.17) is 9.47 Å². The third-order valence-corrected chi connectivity index (χ3v) is 4.01. The Kier molecular flexibility index (Phi) is 5.68. The fraction of sp³-hybridized carbons (Fsp3) is 0.625. The maximum absolute atomic E-state index is 10.1. The number of ether oxygens (including phenoxy) is 2. The molecular formula is C16H26NO3+. The van der Waals surface area contributed by atoms with Gasteiger partial charge in [0.1, 0.15) is 30.8 Å². The summed E-state index contributed by atoms with van der Waals surface area (Å²) in [5, 5.41) is 10.1. The van der Waals surface area contributed by atoms with Crippen LogP contribution in [0.1, 0.15) is 19.8 Å². The van der Waals surface area contributed by atoms with Gasteiger partial charge in [0.05, 0.1) is 20.2 Å². The molecule has 1 aliphatic heterocycles. The molecule has 0 amide bonds. The highest BCUT2D eigenvalue weighted by atomic mass is 16.5. The van der Waals surface area contributed by atoms with Gasteiger partial charge in [-0.3, -0.25) is 0 Å². The fourth-order valence-electron chi connectivity index (χ4n) is 2.63. The van der Waals surface area contributed by atoms with Crippen LogP contribution in [0.5, 0.6) is 11.5 Å². The molecule has 1 saturated heterocycles. The Labute approximate surface area is 121 Å². The van der Waals surface area contributed by atoms with Crippen molar-refractivity contribution in [2.45, 2.75) is 25.9 Å². The molecule has 1 aliphatic rings. The number of nitrogens with one attached hydrogen (secondary N) is 1. The number of methoxy groups -OCH3 is 1. The maximum Gasteiger partial charge on any atom is 0.137 e. The Morgan fingerprint density at radius 3 is 2.40 bits per heavy atom. The molecule has 20 heavy (non-hydrogen) atoms. The van der Waals surface area contributed by atoms with Gasteiger partial charge in [0.25, 0.3) is 0 Å². The monoisotopic (exact) mass is 280 g/mol. The van der Waals surface area contributed by atoms with Crippen LogP contribution in [0.4, 0.5) is 0 Å². The predicted octanol–water partition coefficient (Wildman–Crippen LogP) is 0.750. The number of piperidine rings is 1. The summed E-state index contributed by atoms with van der Waals surface area (Å²) in [7, 11) is 1.64. The van der Waals surface area contributed by atoms with E-state index in [1.807, 2.05) is 24.3 Å². The molecule has 0 saturated carbocycles. The summed E-state index contributed by atoms with van der Waals surface area (Å²) in [5.41, 5.74) is 0. The minimum atomic E-state index is -0.402. The van der Waals surface area contributed by atoms with Crippen molar-refractivity contribution in [2.24, 2.45) is 5.92 Å². The molecule has 4 heteroatoms. The second-order valence-corrected chi connectivity index (χ2v) is 5.78. The number of benzene rings is 1. The average molecular weight is 280 g/mol. The Bertz CT molecular complexity index is 385. The number of rotatable bonds is 6. The molecule has 1 aromatic rings. The normalized spacial score (nSPS) is 24.1. The van der Waals surface area contributed by atoms with Crippen molar-refractivity contribution in [3.05, 3.63) is 24.3 Å². The second-order valence-electron chi connectivity index (χ2n) is 5.78. The molecule has 1 heterocycles. The zero-order chi connectivity index (χ0) is 14.4. The smallest absolute Gasteiger partial charge is 0.137 e. The minimum absolute atomic E-state index is 0.353. The van der Waals surface area contributed by atoms with Crippen molar-refractivity contribution in [3.63, 3.8) is 0 Å². The molecule has 1 aromatic carbocycles. The molecule has 1 unspecified atom stereocenters. The van der Waals surface area contributed by atoms with Crippen LogP contribution in [0.15, 0.2) is 24.3 Å². The van der Waals surface area contributed by atoms with Crippen LogP contribution in [-0.2, 0) is 0 Å². The van der Waals surface area contributed by atoms with E-state index in [2.05, 4.69) is 6.92 Å².